The van der Waals surface area contributed by atoms with E-state index in [9.17, 15) is 17.6 Å². The summed E-state index contributed by atoms with van der Waals surface area (Å²) >= 11 is 0. The molecule has 2 aromatic rings. The molecule has 0 bridgehead atoms. The summed E-state index contributed by atoms with van der Waals surface area (Å²) in [7, 11) is -3.65. The van der Waals surface area contributed by atoms with Crippen LogP contribution >= 0.6 is 0 Å². The molecular weight excluding hydrogens is 399 g/mol. The molecule has 1 aliphatic rings. The SMILES string of the molecule is C[C@@H]1CN(S(=O)(=O)c2ccc(NC(=O)COc3ccccc3F)cc2)C[C@H](C)O1. The first kappa shape index (κ1) is 21.2. The van der Waals surface area contributed by atoms with E-state index in [1.165, 1.54) is 46.8 Å². The number of hydrogen-bond donors (Lipinski definition) is 1. The van der Waals surface area contributed by atoms with E-state index in [0.717, 1.165) is 0 Å². The van der Waals surface area contributed by atoms with Crippen molar-refractivity contribution in [1.82, 2.24) is 4.31 Å². The molecule has 1 heterocycles. The van der Waals surface area contributed by atoms with Gasteiger partial charge in [-0.15, -0.1) is 0 Å². The van der Waals surface area contributed by atoms with Crippen molar-refractivity contribution in [3.8, 4) is 5.75 Å². The van der Waals surface area contributed by atoms with E-state index in [0.29, 0.717) is 18.8 Å². The monoisotopic (exact) mass is 422 g/mol. The van der Waals surface area contributed by atoms with Crippen molar-refractivity contribution in [3.63, 3.8) is 0 Å². The molecule has 0 saturated carbocycles. The Hall–Kier alpha value is -2.49. The molecule has 1 fully saturated rings. The van der Waals surface area contributed by atoms with Crippen LogP contribution in [0.3, 0.4) is 0 Å². The van der Waals surface area contributed by atoms with Crippen molar-refractivity contribution in [1.29, 1.82) is 0 Å². The van der Waals surface area contributed by atoms with Gasteiger partial charge in [-0.25, -0.2) is 12.8 Å². The fourth-order valence-electron chi connectivity index (χ4n) is 3.09. The molecule has 0 spiro atoms. The zero-order chi connectivity index (χ0) is 21.0. The lowest BCUT2D eigenvalue weighted by Gasteiger charge is -2.34. The fourth-order valence-corrected chi connectivity index (χ4v) is 4.68. The zero-order valence-electron chi connectivity index (χ0n) is 16.2. The van der Waals surface area contributed by atoms with Crippen molar-refractivity contribution in [2.24, 2.45) is 0 Å². The molecule has 9 heteroatoms. The van der Waals surface area contributed by atoms with Crippen molar-refractivity contribution in [2.45, 2.75) is 31.0 Å². The van der Waals surface area contributed by atoms with Crippen LogP contribution in [-0.4, -0.2) is 50.5 Å². The Labute approximate surface area is 169 Å². The van der Waals surface area contributed by atoms with Gasteiger partial charge in [0.25, 0.3) is 5.91 Å². The Balaban J connectivity index is 1.61. The van der Waals surface area contributed by atoms with E-state index in [4.69, 9.17) is 9.47 Å². The van der Waals surface area contributed by atoms with E-state index < -0.39 is 21.7 Å². The molecule has 0 aromatic heterocycles. The molecule has 29 heavy (non-hydrogen) atoms. The van der Waals surface area contributed by atoms with Gasteiger partial charge in [-0.2, -0.15) is 4.31 Å². The highest BCUT2D eigenvalue weighted by molar-refractivity contribution is 7.89. The summed E-state index contributed by atoms with van der Waals surface area (Å²) in [5.74, 6) is -1.06. The minimum atomic E-state index is -3.65. The smallest absolute Gasteiger partial charge is 0.262 e. The summed E-state index contributed by atoms with van der Waals surface area (Å²) in [6.07, 6.45) is -0.358. The van der Waals surface area contributed by atoms with Gasteiger partial charge >= 0.3 is 0 Å². The van der Waals surface area contributed by atoms with E-state index in [1.54, 1.807) is 6.07 Å². The Morgan fingerprint density at radius 1 is 1.14 bits per heavy atom. The maximum atomic E-state index is 13.5. The van der Waals surface area contributed by atoms with Crippen LogP contribution in [0.15, 0.2) is 53.4 Å². The number of benzene rings is 2. The molecule has 0 unspecified atom stereocenters. The minimum Gasteiger partial charge on any atom is -0.481 e. The summed E-state index contributed by atoms with van der Waals surface area (Å²) < 4.78 is 51.3. The van der Waals surface area contributed by atoms with Crippen LogP contribution in [0.25, 0.3) is 0 Å². The summed E-state index contributed by atoms with van der Waals surface area (Å²) in [5, 5.41) is 2.59. The van der Waals surface area contributed by atoms with Crippen LogP contribution < -0.4 is 10.1 Å². The van der Waals surface area contributed by atoms with Crippen LogP contribution in [0.5, 0.6) is 5.75 Å². The second kappa shape index (κ2) is 8.89. The standard InChI is InChI=1S/C20H23FN2O5S/c1-14-11-23(12-15(2)28-14)29(25,26)17-9-7-16(8-10-17)22-20(24)13-27-19-6-4-3-5-18(19)21/h3-10,14-15H,11-13H2,1-2H3,(H,22,24)/t14-,15+. The fraction of sp³-hybridized carbons (Fsp3) is 0.350. The summed E-state index contributed by atoms with van der Waals surface area (Å²) in [6.45, 7) is 3.88. The van der Waals surface area contributed by atoms with Crippen LogP contribution in [0, 0.1) is 5.82 Å². The molecule has 7 nitrogen and oxygen atoms in total. The quantitative estimate of drug-likeness (QED) is 0.774. The number of para-hydroxylation sites is 1. The highest BCUT2D eigenvalue weighted by Crippen LogP contribution is 2.22. The highest BCUT2D eigenvalue weighted by Gasteiger charge is 2.32. The Morgan fingerprint density at radius 2 is 1.76 bits per heavy atom. The van der Waals surface area contributed by atoms with Gasteiger partial charge in [0.05, 0.1) is 17.1 Å². The normalized spacial score (nSPS) is 20.2. The zero-order valence-corrected chi connectivity index (χ0v) is 17.0. The number of hydrogen-bond acceptors (Lipinski definition) is 5. The minimum absolute atomic E-state index is 0.0157. The summed E-state index contributed by atoms with van der Waals surface area (Å²) in [5.41, 5.74) is 0.412. The van der Waals surface area contributed by atoms with Crippen molar-refractivity contribution >= 4 is 21.6 Å². The van der Waals surface area contributed by atoms with E-state index in [1.807, 2.05) is 13.8 Å². The first-order valence-electron chi connectivity index (χ1n) is 9.18. The Bertz CT molecular complexity index is 955. The van der Waals surface area contributed by atoms with Gasteiger partial charge in [0.2, 0.25) is 10.0 Å². The molecular formula is C20H23FN2O5S. The lowest BCUT2D eigenvalue weighted by Crippen LogP contribution is -2.48. The van der Waals surface area contributed by atoms with E-state index in [2.05, 4.69) is 5.32 Å². The second-order valence-electron chi connectivity index (χ2n) is 6.87. The predicted molar refractivity (Wildman–Crippen MR) is 106 cm³/mol. The number of halogens is 1. The average Bonchev–Trinajstić information content (AvgIpc) is 2.67. The number of morpholine rings is 1. The first-order valence-corrected chi connectivity index (χ1v) is 10.6. The highest BCUT2D eigenvalue weighted by atomic mass is 32.2. The van der Waals surface area contributed by atoms with Gasteiger partial charge in [0.1, 0.15) is 0 Å². The number of carbonyl (C=O) groups is 1. The van der Waals surface area contributed by atoms with Gasteiger partial charge in [0.15, 0.2) is 18.2 Å². The average molecular weight is 422 g/mol. The number of amides is 1. The molecule has 1 saturated heterocycles. The van der Waals surface area contributed by atoms with Gasteiger partial charge in [0, 0.05) is 18.8 Å². The third-order valence-corrected chi connectivity index (χ3v) is 6.20. The third-order valence-electron chi connectivity index (χ3n) is 4.36. The number of sulfonamides is 1. The molecule has 2 aromatic carbocycles. The molecule has 0 radical (unpaired) electrons. The first-order chi connectivity index (χ1) is 13.8. The van der Waals surface area contributed by atoms with Crippen LogP contribution in [0.4, 0.5) is 10.1 Å². The third kappa shape index (κ3) is 5.31. The maximum absolute atomic E-state index is 13.5. The lowest BCUT2D eigenvalue weighted by molar-refractivity contribution is -0.118. The number of nitrogens with zero attached hydrogens (tertiary/aromatic N) is 1. The molecule has 1 aliphatic heterocycles. The van der Waals surface area contributed by atoms with Crippen LogP contribution in [0.1, 0.15) is 13.8 Å². The topological polar surface area (TPSA) is 84.9 Å². The van der Waals surface area contributed by atoms with Gasteiger partial charge in [-0.05, 0) is 50.2 Å². The van der Waals surface area contributed by atoms with Gasteiger partial charge in [-0.3, -0.25) is 4.79 Å². The molecule has 1 amide bonds. The molecule has 1 N–H and O–H groups in total. The molecule has 3 rings (SSSR count). The van der Waals surface area contributed by atoms with Crippen LogP contribution in [0.2, 0.25) is 0 Å². The number of ether oxygens (including phenoxy) is 2. The summed E-state index contributed by atoms with van der Waals surface area (Å²) in [4.78, 5) is 12.1. The Morgan fingerprint density at radius 3 is 2.38 bits per heavy atom. The predicted octanol–water partition coefficient (Wildman–Crippen LogP) is 2.64. The number of rotatable bonds is 6. The largest absolute Gasteiger partial charge is 0.481 e. The number of anilines is 1. The molecule has 0 aliphatic carbocycles. The molecule has 156 valence electrons. The van der Waals surface area contributed by atoms with Gasteiger partial charge in [-0.1, -0.05) is 12.1 Å². The van der Waals surface area contributed by atoms with E-state index >= 15 is 0 Å². The van der Waals surface area contributed by atoms with Crippen molar-refractivity contribution < 1.29 is 27.1 Å². The number of carbonyl (C=O) groups excluding carboxylic acids is 1. The van der Waals surface area contributed by atoms with E-state index in [-0.39, 0.29) is 29.5 Å². The number of nitrogens with one attached hydrogen (secondary N) is 1. The second-order valence-corrected chi connectivity index (χ2v) is 8.81. The Kier molecular flexibility index (Phi) is 6.51. The van der Waals surface area contributed by atoms with Gasteiger partial charge < -0.3 is 14.8 Å². The van der Waals surface area contributed by atoms with Crippen molar-refractivity contribution in [2.75, 3.05) is 25.0 Å². The molecule has 2 atom stereocenters. The maximum Gasteiger partial charge on any atom is 0.262 e. The van der Waals surface area contributed by atoms with Crippen molar-refractivity contribution in [3.05, 3.63) is 54.3 Å². The lowest BCUT2D eigenvalue weighted by atomic mass is 10.3. The summed E-state index contributed by atoms with van der Waals surface area (Å²) in [6, 6.07) is 11.7. The van der Waals surface area contributed by atoms with Crippen LogP contribution in [-0.2, 0) is 19.6 Å².